The van der Waals surface area contributed by atoms with Gasteiger partial charge in [0.2, 0.25) is 0 Å². The van der Waals surface area contributed by atoms with Gasteiger partial charge in [0.15, 0.2) is 6.10 Å². The van der Waals surface area contributed by atoms with E-state index < -0.39 is 17.6 Å². The van der Waals surface area contributed by atoms with Gasteiger partial charge in [-0.2, -0.15) is 0 Å². The van der Waals surface area contributed by atoms with Gasteiger partial charge in [-0.25, -0.2) is 4.79 Å². The third kappa shape index (κ3) is 3.18. The van der Waals surface area contributed by atoms with Crippen LogP contribution in [-0.4, -0.2) is 29.1 Å². The van der Waals surface area contributed by atoms with E-state index >= 15 is 0 Å². The first-order valence-corrected chi connectivity index (χ1v) is 8.80. The molecule has 0 bridgehead atoms. The number of hydrogen-bond acceptors (Lipinski definition) is 3. The number of hydrogen-bond donors (Lipinski definition) is 2. The second kappa shape index (κ2) is 6.93. The van der Waals surface area contributed by atoms with Crippen LogP contribution in [0.4, 0.5) is 0 Å². The van der Waals surface area contributed by atoms with Crippen molar-refractivity contribution in [3.05, 3.63) is 35.4 Å². The summed E-state index contributed by atoms with van der Waals surface area (Å²) in [6.45, 7) is 2.61. The van der Waals surface area contributed by atoms with Gasteiger partial charge in [-0.3, -0.25) is 4.79 Å². The molecule has 1 aromatic rings. The lowest BCUT2D eigenvalue weighted by atomic mass is 9.75. The van der Waals surface area contributed by atoms with E-state index in [0.717, 1.165) is 36.8 Å². The molecule has 5 heteroatoms. The van der Waals surface area contributed by atoms with Crippen molar-refractivity contribution in [1.29, 1.82) is 0 Å². The molecule has 5 nitrogen and oxygen atoms in total. The monoisotopic (exact) mass is 331 g/mol. The summed E-state index contributed by atoms with van der Waals surface area (Å²) in [6, 6.07) is 7.72. The number of amides is 1. The lowest BCUT2D eigenvalue weighted by Crippen LogP contribution is -2.57. The maximum Gasteiger partial charge on any atom is 0.329 e. The minimum atomic E-state index is -1.15. The zero-order valence-electron chi connectivity index (χ0n) is 14.1. The number of carboxylic acids is 1. The highest BCUT2D eigenvalue weighted by Gasteiger charge is 2.44. The highest BCUT2D eigenvalue weighted by Crippen LogP contribution is 2.35. The maximum absolute atomic E-state index is 12.8. The molecule has 24 heavy (non-hydrogen) atoms. The fourth-order valence-corrected chi connectivity index (χ4v) is 3.88. The predicted molar refractivity (Wildman–Crippen MR) is 89.6 cm³/mol. The van der Waals surface area contributed by atoms with E-state index in [9.17, 15) is 14.7 Å². The minimum Gasteiger partial charge on any atom is -0.480 e. The summed E-state index contributed by atoms with van der Waals surface area (Å²) in [7, 11) is 0. The first-order chi connectivity index (χ1) is 11.6. The number of carboxylic acid groups (broad SMARTS) is 1. The zero-order chi connectivity index (χ0) is 17.2. The van der Waals surface area contributed by atoms with Crippen molar-refractivity contribution in [3.63, 3.8) is 0 Å². The van der Waals surface area contributed by atoms with Crippen LogP contribution in [0.5, 0.6) is 0 Å². The number of nitrogens with one attached hydrogen (secondary N) is 1. The zero-order valence-corrected chi connectivity index (χ0v) is 14.1. The molecule has 2 aliphatic rings. The summed E-state index contributed by atoms with van der Waals surface area (Å²) >= 11 is 0. The smallest absolute Gasteiger partial charge is 0.329 e. The molecule has 0 saturated heterocycles. The van der Waals surface area contributed by atoms with Gasteiger partial charge in [0.05, 0.1) is 6.61 Å². The highest BCUT2D eigenvalue weighted by atomic mass is 16.5. The van der Waals surface area contributed by atoms with Crippen molar-refractivity contribution in [1.82, 2.24) is 5.32 Å². The summed E-state index contributed by atoms with van der Waals surface area (Å²) in [4.78, 5) is 24.7. The summed E-state index contributed by atoms with van der Waals surface area (Å²) in [5.41, 5.74) is 0.797. The van der Waals surface area contributed by atoms with Crippen LogP contribution in [0, 0.1) is 5.92 Å². The van der Waals surface area contributed by atoms with Crippen molar-refractivity contribution in [3.8, 4) is 0 Å². The molecule has 1 heterocycles. The van der Waals surface area contributed by atoms with Gasteiger partial charge in [0.25, 0.3) is 5.91 Å². The fraction of sp³-hybridized carbons (Fsp3) is 0.579. The van der Waals surface area contributed by atoms with Crippen LogP contribution in [0.2, 0.25) is 0 Å². The van der Waals surface area contributed by atoms with Gasteiger partial charge in [-0.15, -0.1) is 0 Å². The summed E-state index contributed by atoms with van der Waals surface area (Å²) in [5, 5.41) is 12.6. The number of rotatable bonds is 4. The average Bonchev–Trinajstić information content (AvgIpc) is 2.61. The van der Waals surface area contributed by atoms with Crippen molar-refractivity contribution < 1.29 is 19.4 Å². The van der Waals surface area contributed by atoms with Crippen molar-refractivity contribution in [2.45, 2.75) is 57.1 Å². The van der Waals surface area contributed by atoms with Crippen LogP contribution in [0.3, 0.4) is 0 Å². The van der Waals surface area contributed by atoms with E-state index in [1.165, 1.54) is 0 Å². The second-order valence-electron chi connectivity index (χ2n) is 6.93. The van der Waals surface area contributed by atoms with Gasteiger partial charge in [0, 0.05) is 0 Å². The molecule has 1 fully saturated rings. The van der Waals surface area contributed by atoms with Crippen LogP contribution in [0.1, 0.15) is 56.3 Å². The van der Waals surface area contributed by atoms with Crippen molar-refractivity contribution in [2.75, 3.05) is 6.61 Å². The van der Waals surface area contributed by atoms with E-state index in [2.05, 4.69) is 12.2 Å². The Morgan fingerprint density at radius 3 is 2.67 bits per heavy atom. The largest absolute Gasteiger partial charge is 0.480 e. The van der Waals surface area contributed by atoms with Gasteiger partial charge in [-0.05, 0) is 49.1 Å². The Kier molecular flexibility index (Phi) is 4.90. The Bertz CT molecular complexity index is 620. The molecular weight excluding hydrogens is 306 g/mol. The van der Waals surface area contributed by atoms with Crippen LogP contribution in [0.25, 0.3) is 0 Å². The topological polar surface area (TPSA) is 75.6 Å². The molecule has 0 aromatic heterocycles. The Hall–Kier alpha value is -1.88. The lowest BCUT2D eigenvalue weighted by Gasteiger charge is -2.38. The molecule has 1 atom stereocenters. The highest BCUT2D eigenvalue weighted by molar-refractivity contribution is 5.90. The molecule has 1 unspecified atom stereocenters. The lowest BCUT2D eigenvalue weighted by molar-refractivity contribution is -0.152. The van der Waals surface area contributed by atoms with E-state index in [1.54, 1.807) is 0 Å². The van der Waals surface area contributed by atoms with Crippen molar-refractivity contribution in [2.24, 2.45) is 5.92 Å². The van der Waals surface area contributed by atoms with Gasteiger partial charge in [0.1, 0.15) is 5.54 Å². The quantitative estimate of drug-likeness (QED) is 0.889. The first-order valence-electron chi connectivity index (χ1n) is 8.80. The van der Waals surface area contributed by atoms with E-state index in [-0.39, 0.29) is 5.91 Å². The standard InChI is InChI=1S/C19H25NO4/c1-2-13-7-10-19(11-8-13,18(22)23)20-17(21)16-15-6-4-3-5-14(15)9-12-24-16/h3-6,13,16H,2,7-12H2,1H3,(H,20,21)(H,22,23). The molecule has 0 radical (unpaired) electrons. The molecule has 0 spiro atoms. The Balaban J connectivity index is 1.77. The molecule has 1 amide bonds. The summed E-state index contributed by atoms with van der Waals surface area (Å²) in [6.07, 6.45) is 3.78. The summed E-state index contributed by atoms with van der Waals surface area (Å²) < 4.78 is 5.67. The minimum absolute atomic E-state index is 0.334. The van der Waals surface area contributed by atoms with Crippen LogP contribution in [0.15, 0.2) is 24.3 Å². The van der Waals surface area contributed by atoms with Gasteiger partial charge < -0.3 is 15.2 Å². The fourth-order valence-electron chi connectivity index (χ4n) is 3.88. The van der Waals surface area contributed by atoms with Gasteiger partial charge >= 0.3 is 5.97 Å². The molecule has 130 valence electrons. The second-order valence-corrected chi connectivity index (χ2v) is 6.93. The van der Waals surface area contributed by atoms with Crippen molar-refractivity contribution >= 4 is 11.9 Å². The maximum atomic E-state index is 12.8. The normalized spacial score (nSPS) is 29.5. The van der Waals surface area contributed by atoms with E-state index in [0.29, 0.717) is 25.4 Å². The van der Waals surface area contributed by atoms with E-state index in [4.69, 9.17) is 4.74 Å². The number of carbonyl (C=O) groups excluding carboxylic acids is 1. The third-order valence-electron chi connectivity index (χ3n) is 5.54. The SMILES string of the molecule is CCC1CCC(NC(=O)C2OCCc3ccccc32)(C(=O)O)CC1. The third-order valence-corrected chi connectivity index (χ3v) is 5.54. The predicted octanol–water partition coefficient (Wildman–Crippen LogP) is 2.84. The molecule has 3 rings (SSSR count). The summed E-state index contributed by atoms with van der Waals surface area (Å²) in [5.74, 6) is -0.713. The van der Waals surface area contributed by atoms with Crippen LogP contribution >= 0.6 is 0 Å². The number of fused-ring (bicyclic) bond motifs is 1. The number of aliphatic carboxylic acids is 1. The van der Waals surface area contributed by atoms with Crippen LogP contribution < -0.4 is 5.32 Å². The molecule has 1 aliphatic heterocycles. The number of ether oxygens (including phenoxy) is 1. The molecule has 1 aromatic carbocycles. The van der Waals surface area contributed by atoms with Gasteiger partial charge in [-0.1, -0.05) is 37.6 Å². The number of benzene rings is 1. The molecule has 1 aliphatic carbocycles. The van der Waals surface area contributed by atoms with Crippen LogP contribution in [-0.2, 0) is 20.7 Å². The number of carbonyl (C=O) groups is 2. The first kappa shape index (κ1) is 17.0. The Morgan fingerprint density at radius 2 is 2.00 bits per heavy atom. The molecule has 2 N–H and O–H groups in total. The molecule has 1 saturated carbocycles. The molecular formula is C19H25NO4. The Labute approximate surface area is 142 Å². The average molecular weight is 331 g/mol. The Morgan fingerprint density at radius 1 is 1.29 bits per heavy atom. The van der Waals surface area contributed by atoms with E-state index in [1.807, 2.05) is 24.3 Å².